The maximum absolute atomic E-state index is 15.4. The van der Waals surface area contributed by atoms with Crippen molar-refractivity contribution in [3.8, 4) is 11.1 Å². The Bertz CT molecular complexity index is 3480. The van der Waals surface area contributed by atoms with Crippen LogP contribution in [0.15, 0.2) is 97.1 Å². The highest BCUT2D eigenvalue weighted by molar-refractivity contribution is 7.33. The summed E-state index contributed by atoms with van der Waals surface area (Å²) in [6.45, 7) is 38.3. The van der Waals surface area contributed by atoms with Gasteiger partial charge in [-0.25, -0.2) is 4.39 Å². The fraction of sp³-hybridized carbons (Fsp3) is 0.441. The van der Waals surface area contributed by atoms with Gasteiger partial charge < -0.3 is 9.80 Å². The van der Waals surface area contributed by atoms with Crippen LogP contribution < -0.4 is 25.5 Å². The second-order valence-electron chi connectivity index (χ2n) is 28.3. The summed E-state index contributed by atoms with van der Waals surface area (Å²) in [5.74, 6) is 0. The van der Waals surface area contributed by atoms with Crippen molar-refractivity contribution in [3.05, 3.63) is 147 Å². The molecule has 0 bridgehead atoms. The second kappa shape index (κ2) is 15.7. The van der Waals surface area contributed by atoms with E-state index in [0.29, 0.717) is 0 Å². The SMILES string of the molecule is Cc1cc2c3c(c1)N(c1ccc4c(c1)C(C)(C)CCC4(C)C)c1c(sc4cc5c(cc14)C(C)(C)CCC5(C)C)B3c1cc3c(cc1N2c1ccc(C(C)(C)C)cc1-c1ccccc1CF)C(C)(C)CCC3(C)C. The van der Waals surface area contributed by atoms with E-state index >= 15 is 4.39 Å². The van der Waals surface area contributed by atoms with Gasteiger partial charge in [0.15, 0.2) is 0 Å². The molecule has 0 amide bonds. The topological polar surface area (TPSA) is 6.48 Å². The molecule has 0 fully saturated rings. The average molecular weight is 985 g/mol. The molecule has 5 aliphatic rings. The smallest absolute Gasteiger partial charge is 0.264 e. The zero-order valence-electron chi connectivity index (χ0n) is 46.9. The molecule has 2 nitrogen and oxygen atoms in total. The molecule has 5 heteroatoms. The van der Waals surface area contributed by atoms with E-state index in [9.17, 15) is 0 Å². The van der Waals surface area contributed by atoms with Gasteiger partial charge in [-0.3, -0.25) is 0 Å². The number of alkyl halides is 1. The Labute approximate surface area is 441 Å². The zero-order valence-corrected chi connectivity index (χ0v) is 47.8. The summed E-state index contributed by atoms with van der Waals surface area (Å²) in [5, 5.41) is 1.38. The molecule has 376 valence electrons. The number of anilines is 6. The van der Waals surface area contributed by atoms with Gasteiger partial charge in [-0.2, -0.15) is 0 Å². The quantitative estimate of drug-likeness (QED) is 0.162. The van der Waals surface area contributed by atoms with E-state index in [-0.39, 0.29) is 44.6 Å². The molecule has 7 aromatic rings. The van der Waals surface area contributed by atoms with E-state index in [0.717, 1.165) is 41.6 Å². The number of hydrogen-bond acceptors (Lipinski definition) is 3. The predicted molar refractivity (Wildman–Crippen MR) is 315 cm³/mol. The van der Waals surface area contributed by atoms with Crippen molar-refractivity contribution in [2.24, 2.45) is 0 Å². The second-order valence-corrected chi connectivity index (χ2v) is 29.4. The van der Waals surface area contributed by atoms with Crippen molar-refractivity contribution in [1.82, 2.24) is 0 Å². The van der Waals surface area contributed by atoms with Crippen LogP contribution in [0.1, 0.15) is 192 Å². The summed E-state index contributed by atoms with van der Waals surface area (Å²) < 4.78 is 18.2. The van der Waals surface area contributed by atoms with Crippen LogP contribution in [-0.4, -0.2) is 6.71 Å². The fourth-order valence-electron chi connectivity index (χ4n) is 14.3. The zero-order chi connectivity index (χ0) is 51.9. The van der Waals surface area contributed by atoms with Crippen molar-refractivity contribution in [2.45, 2.75) is 194 Å². The Hall–Kier alpha value is -5.13. The number of benzene rings is 6. The van der Waals surface area contributed by atoms with Crippen LogP contribution in [0.4, 0.5) is 38.5 Å². The van der Waals surface area contributed by atoms with Crippen LogP contribution in [0.2, 0.25) is 0 Å². The molecule has 3 heterocycles. The Morgan fingerprint density at radius 2 is 1.05 bits per heavy atom. The third-order valence-electron chi connectivity index (χ3n) is 19.4. The minimum Gasteiger partial charge on any atom is -0.311 e. The van der Waals surface area contributed by atoms with Crippen molar-refractivity contribution >= 4 is 78.0 Å². The first kappa shape index (κ1) is 48.8. The number of rotatable bonds is 4. The van der Waals surface area contributed by atoms with E-state index in [1.54, 1.807) is 0 Å². The number of fused-ring (bicyclic) bond motifs is 9. The van der Waals surface area contributed by atoms with Crippen molar-refractivity contribution in [2.75, 3.05) is 9.80 Å². The lowest BCUT2D eigenvalue weighted by atomic mass is 9.35. The van der Waals surface area contributed by atoms with Crippen LogP contribution in [0, 0.1) is 6.92 Å². The Morgan fingerprint density at radius 3 is 1.66 bits per heavy atom. The molecule has 2 aliphatic heterocycles. The summed E-state index contributed by atoms with van der Waals surface area (Å²) in [6.07, 6.45) is 6.97. The molecule has 73 heavy (non-hydrogen) atoms. The summed E-state index contributed by atoms with van der Waals surface area (Å²) in [6, 6.07) is 38.4. The lowest BCUT2D eigenvalue weighted by Gasteiger charge is -2.47. The molecule has 6 aromatic carbocycles. The highest BCUT2D eigenvalue weighted by Gasteiger charge is 2.49. The minimum absolute atomic E-state index is 0.00427. The number of thiophene rings is 1. The van der Waals surface area contributed by atoms with E-state index in [1.165, 1.54) is 118 Å². The number of halogens is 1. The van der Waals surface area contributed by atoms with Crippen LogP contribution >= 0.6 is 11.3 Å². The third kappa shape index (κ3) is 7.26. The van der Waals surface area contributed by atoms with Gasteiger partial charge in [-0.1, -0.05) is 146 Å². The molecule has 0 N–H and O–H groups in total. The standard InChI is InChI=1S/C68H78BFN2S/c1-40-31-56-59-57(32-40)72(54-24-21-42(62(2,3)4)33-45(54)44-20-18-17-19-41(44)39-70)55-37-51-50(66(11,12)28-29-67(51,13)14)36-53(55)69(59)61-60(46-35-49-52(38-58(46)73-61)68(15,16)30-27-65(49,9)10)71(56)43-22-23-47-48(34-43)64(7,8)26-25-63(47,5)6/h17-24,31-38H,25-30,39H2,1-16H3. The summed E-state index contributed by atoms with van der Waals surface area (Å²) in [4.78, 5) is 5.35. The van der Waals surface area contributed by atoms with Crippen molar-refractivity contribution < 1.29 is 4.39 Å². The van der Waals surface area contributed by atoms with E-state index in [4.69, 9.17) is 0 Å². The molecule has 0 saturated carbocycles. The Morgan fingerprint density at radius 1 is 0.521 bits per heavy atom. The minimum atomic E-state index is -0.527. The van der Waals surface area contributed by atoms with Crippen molar-refractivity contribution in [1.29, 1.82) is 0 Å². The number of hydrogen-bond donors (Lipinski definition) is 0. The first-order chi connectivity index (χ1) is 34.1. The maximum Gasteiger partial charge on any atom is 0.264 e. The normalized spacial score (nSPS) is 20.2. The van der Waals surface area contributed by atoms with E-state index in [2.05, 4.69) is 206 Å². The Balaban J connectivity index is 1.24. The molecule has 12 rings (SSSR count). The molecular weight excluding hydrogens is 907 g/mol. The van der Waals surface area contributed by atoms with Crippen LogP contribution in [-0.2, 0) is 44.6 Å². The fourth-order valence-corrected chi connectivity index (χ4v) is 15.6. The van der Waals surface area contributed by atoms with E-state index in [1.807, 2.05) is 23.5 Å². The lowest BCUT2D eigenvalue weighted by molar-refractivity contribution is 0.332. The van der Waals surface area contributed by atoms with Gasteiger partial charge in [0.05, 0.1) is 11.4 Å². The average Bonchev–Trinajstić information content (AvgIpc) is 3.70. The van der Waals surface area contributed by atoms with Crippen molar-refractivity contribution in [3.63, 3.8) is 0 Å². The molecular formula is C68H78BFN2S. The van der Waals surface area contributed by atoms with Gasteiger partial charge in [-0.05, 0) is 205 Å². The Kier molecular flexibility index (Phi) is 10.5. The number of aryl methyl sites for hydroxylation is 1. The largest absolute Gasteiger partial charge is 0.311 e. The maximum atomic E-state index is 15.4. The highest BCUT2D eigenvalue weighted by Crippen LogP contribution is 2.56. The first-order valence-corrected chi connectivity index (χ1v) is 28.4. The van der Waals surface area contributed by atoms with E-state index < -0.39 is 6.67 Å². The molecule has 3 aliphatic carbocycles. The van der Waals surface area contributed by atoms with Gasteiger partial charge in [0, 0.05) is 43.2 Å². The molecule has 0 radical (unpaired) electrons. The molecule has 0 spiro atoms. The molecule has 0 saturated heterocycles. The summed E-state index contributed by atoms with van der Waals surface area (Å²) in [7, 11) is 0. The monoisotopic (exact) mass is 985 g/mol. The predicted octanol–water partition coefficient (Wildman–Crippen LogP) is 17.8. The lowest BCUT2D eigenvalue weighted by Crippen LogP contribution is -2.61. The van der Waals surface area contributed by atoms with Gasteiger partial charge in [0.2, 0.25) is 0 Å². The van der Waals surface area contributed by atoms with Gasteiger partial charge >= 0.3 is 0 Å². The molecule has 1 aromatic heterocycles. The summed E-state index contributed by atoms with van der Waals surface area (Å²) in [5.41, 5.74) is 24.5. The number of nitrogens with zero attached hydrogens (tertiary/aromatic N) is 2. The highest BCUT2D eigenvalue weighted by atomic mass is 32.1. The molecule has 0 atom stereocenters. The van der Waals surface area contributed by atoms with Crippen LogP contribution in [0.3, 0.4) is 0 Å². The van der Waals surface area contributed by atoms with Gasteiger partial charge in [0.25, 0.3) is 6.71 Å². The van der Waals surface area contributed by atoms with Gasteiger partial charge in [-0.15, -0.1) is 11.3 Å². The first-order valence-electron chi connectivity index (χ1n) is 27.6. The van der Waals surface area contributed by atoms with Gasteiger partial charge in [0.1, 0.15) is 6.67 Å². The van der Waals surface area contributed by atoms with Crippen LogP contribution in [0.5, 0.6) is 0 Å². The summed E-state index contributed by atoms with van der Waals surface area (Å²) >= 11 is 2.05. The third-order valence-corrected chi connectivity index (χ3v) is 20.6. The molecule has 0 unspecified atom stereocenters. The van der Waals surface area contributed by atoms with Crippen LogP contribution in [0.25, 0.3) is 21.2 Å².